The Hall–Kier alpha value is -15.2. The van der Waals surface area contributed by atoms with Crippen molar-refractivity contribution in [2.24, 2.45) is 0 Å². The second kappa shape index (κ2) is 39.5. The molecule has 125 heavy (non-hydrogen) atoms. The predicted molar refractivity (Wildman–Crippen MR) is 487 cm³/mol. The van der Waals surface area contributed by atoms with E-state index >= 15 is 0 Å². The molecule has 0 saturated heterocycles. The third kappa shape index (κ3) is 22.1. The van der Waals surface area contributed by atoms with Gasteiger partial charge in [-0.05, 0) is 270 Å². The van der Waals surface area contributed by atoms with Gasteiger partial charge in [-0.3, -0.25) is 24.2 Å². The number of carbonyl (C=O) groups excluding carboxylic acids is 4. The maximum Gasteiger partial charge on any atom is 0.416 e. The van der Waals surface area contributed by atoms with Crippen LogP contribution in [0.2, 0.25) is 0 Å². The molecule has 4 amide bonds. The minimum atomic E-state index is -4.42. The van der Waals surface area contributed by atoms with Crippen LogP contribution in [0.1, 0.15) is 33.5 Å². The van der Waals surface area contributed by atoms with Crippen molar-refractivity contribution in [2.75, 3.05) is 28.2 Å². The number of hydrogen-bond acceptors (Lipinski definition) is 20. The van der Waals surface area contributed by atoms with E-state index in [1.165, 1.54) is 100.0 Å². The Balaban J connectivity index is 0.000000143. The minimum Gasteiger partial charge on any atom is -0.508 e. The lowest BCUT2D eigenvalue weighted by atomic mass is 10.1. The second-order valence-electron chi connectivity index (χ2n) is 27.4. The number of nitrogens with zero attached hydrogens (tertiary/aromatic N) is 1. The van der Waals surface area contributed by atoms with E-state index in [9.17, 15) is 72.5 Å². The lowest BCUT2D eigenvalue weighted by Crippen LogP contribution is -2.13. The summed E-state index contributed by atoms with van der Waals surface area (Å²) in [7, 11) is 6.25. The quantitative estimate of drug-likeness (QED) is 0.0250. The number of ether oxygens (including phenoxy) is 4. The highest BCUT2D eigenvalue weighted by atomic mass is 32.1. The van der Waals surface area contributed by atoms with Crippen LogP contribution in [0.5, 0.6) is 86.2 Å². The molecule has 11 aromatic carbocycles. The molecule has 0 atom stereocenters. The number of nitrogens with one attached hydrogen (secondary N) is 4. The van der Waals surface area contributed by atoms with Gasteiger partial charge in [-0.25, -0.2) is 4.39 Å². The number of amides is 4. The van der Waals surface area contributed by atoms with Crippen molar-refractivity contribution in [3.05, 3.63) is 312 Å². The van der Waals surface area contributed by atoms with Gasteiger partial charge in [0.05, 0.1) is 37.0 Å². The van der Waals surface area contributed by atoms with Crippen LogP contribution in [-0.2, 0) is 25.4 Å². The van der Waals surface area contributed by atoms with Crippen molar-refractivity contribution in [2.45, 2.75) is 13.1 Å². The van der Waals surface area contributed by atoms with Gasteiger partial charge in [-0.15, -0.1) is 45.3 Å². The summed E-state index contributed by atoms with van der Waals surface area (Å²) >= 11 is 5.68. The van der Waals surface area contributed by atoms with Crippen LogP contribution in [0, 0.1) is 12.7 Å². The smallest absolute Gasteiger partial charge is 0.416 e. The molecule has 0 fully saturated rings. The van der Waals surface area contributed by atoms with E-state index in [1.54, 1.807) is 186 Å². The number of fused-ring (bicyclic) bond motifs is 4. The summed E-state index contributed by atoms with van der Waals surface area (Å²) in [4.78, 5) is 52.8. The summed E-state index contributed by atoms with van der Waals surface area (Å²) in [5.74, 6) is 3.71. The average molecular weight is 1750 g/mol. The Morgan fingerprint density at radius 3 is 0.976 bits per heavy atom. The molecule has 28 heteroatoms. The number of aromatic hydroxyl groups is 7. The number of likely N-dealkylation sites (N-methyl/N-ethyl adjacent to an activating group) is 4. The maximum absolute atomic E-state index is 14.0. The first-order valence-electron chi connectivity index (χ1n) is 38.0. The summed E-state index contributed by atoms with van der Waals surface area (Å²) in [6, 6.07) is 66.7. The molecule has 0 aliphatic heterocycles. The number of halogens is 4. The van der Waals surface area contributed by atoms with E-state index in [-0.39, 0.29) is 58.1 Å². The molecule has 16 aromatic rings. The molecule has 630 valence electrons. The number of aromatic nitrogens is 1. The molecule has 0 unspecified atom stereocenters. The minimum absolute atomic E-state index is 0.0847. The van der Waals surface area contributed by atoms with Crippen LogP contribution in [-0.4, -0.2) is 92.5 Å². The topological polar surface area (TPSA) is 308 Å². The van der Waals surface area contributed by atoms with Crippen LogP contribution in [0.4, 0.5) is 17.6 Å². The Morgan fingerprint density at radius 2 is 0.648 bits per heavy atom. The number of pyridine rings is 1. The standard InChI is InChI=1S/C25H18F3NO3S.C25H21NO4S.C24H18FNO4S.C23H18N2O4S/c1-29-22(31)13-4-15-2-10-19(11-3-15)32-23-20-12-9-18(30)14-21(20)33-24(23)16-5-7-17(8-6-16)25(26,27)28;1-15-13-17(6-11-21(15)28)25-24(20-10-7-18(27)14-22(20)31-25)30-19-8-3-16(4-9-19)5-12-23(29)26-2;1-26-22(29)11-4-14-2-7-17(8-3-14)30-23-18-9-6-16(27)13-21(18)31-24(23)15-5-10-20(28)19(25)12-15;1-24-21(28)11-5-15-4-9-18(13-25-15)29-22-19-10-8-17(27)12-20(19)30-23(22)14-2-6-16(26)7-3-14/h2-14,30H,1H3,(H,29,31);3-14,27-28H,1-2H3,(H,26,29);2-13,27-28H,1H3,(H,26,29);2-13,26-27H,1H3,(H,24,28)/b13-4+;12-5+;11-4+;11-5+. The second-order valence-corrected chi connectivity index (χ2v) is 31.6. The Morgan fingerprint density at radius 1 is 0.344 bits per heavy atom. The monoisotopic (exact) mass is 1750 g/mol. The molecule has 16 rings (SSSR count). The zero-order valence-corrected chi connectivity index (χ0v) is 70.0. The van der Waals surface area contributed by atoms with Gasteiger partial charge in [-0.2, -0.15) is 13.2 Å². The van der Waals surface area contributed by atoms with Crippen molar-refractivity contribution < 1.29 is 91.4 Å². The van der Waals surface area contributed by atoms with Gasteiger partial charge in [0.2, 0.25) is 23.6 Å². The number of hydrogen-bond donors (Lipinski definition) is 11. The number of benzene rings is 11. The van der Waals surface area contributed by atoms with Gasteiger partial charge >= 0.3 is 6.18 Å². The molecule has 5 heterocycles. The van der Waals surface area contributed by atoms with Crippen molar-refractivity contribution >= 4 is 134 Å². The van der Waals surface area contributed by atoms with Crippen LogP contribution in [0.3, 0.4) is 0 Å². The molecular weight excluding hydrogens is 1680 g/mol. The third-order valence-electron chi connectivity index (χ3n) is 18.7. The van der Waals surface area contributed by atoms with Crippen molar-refractivity contribution in [1.82, 2.24) is 26.3 Å². The Kier molecular flexibility index (Phi) is 27.7. The van der Waals surface area contributed by atoms with E-state index in [0.29, 0.717) is 72.6 Å². The van der Waals surface area contributed by atoms with Crippen molar-refractivity contribution in [3.8, 4) is 128 Å². The highest BCUT2D eigenvalue weighted by Crippen LogP contribution is 2.53. The first kappa shape index (κ1) is 87.6. The molecule has 11 N–H and O–H groups in total. The number of aryl methyl sites for hydroxylation is 1. The van der Waals surface area contributed by atoms with E-state index in [1.807, 2.05) is 79.7 Å². The molecule has 0 aliphatic rings. The fourth-order valence-corrected chi connectivity index (χ4v) is 16.9. The average Bonchev–Trinajstić information content (AvgIpc) is 1.64. The lowest BCUT2D eigenvalue weighted by Gasteiger charge is -2.10. The van der Waals surface area contributed by atoms with Crippen molar-refractivity contribution in [3.63, 3.8) is 0 Å². The van der Waals surface area contributed by atoms with Gasteiger partial charge in [0, 0.05) is 92.8 Å². The number of alkyl halides is 3. The molecular formula is C97H75F4N5O15S4. The molecule has 5 aromatic heterocycles. The van der Waals surface area contributed by atoms with E-state index in [2.05, 4.69) is 26.3 Å². The zero-order valence-electron chi connectivity index (χ0n) is 66.8. The SMILES string of the molecule is CNC(=O)/C=C/c1ccc(Oc2c(-c3ccc(C(F)(F)F)cc3)sc3cc(O)ccc23)cc1.CNC(=O)/C=C/c1ccc(Oc2c(-c3ccc(O)c(C)c3)sc3cc(O)ccc23)cc1.CNC(=O)/C=C/c1ccc(Oc2c(-c3ccc(O)c(F)c3)sc3cc(O)ccc23)cc1.CNC(=O)/C=C/c1ccc(Oc2c(-c3ccc(O)cc3)sc3cc(O)ccc23)cn1. The lowest BCUT2D eigenvalue weighted by molar-refractivity contribution is -0.137. The summed E-state index contributed by atoms with van der Waals surface area (Å²) < 4.78 is 81.0. The van der Waals surface area contributed by atoms with E-state index in [4.69, 9.17) is 18.9 Å². The third-order valence-corrected chi connectivity index (χ3v) is 23.5. The van der Waals surface area contributed by atoms with Gasteiger partial charge in [0.25, 0.3) is 0 Å². The maximum atomic E-state index is 14.0. The summed E-state index contributed by atoms with van der Waals surface area (Å²) in [5, 5.41) is 81.8. The van der Waals surface area contributed by atoms with Gasteiger partial charge < -0.3 is 76.0 Å². The molecule has 0 aliphatic carbocycles. The van der Waals surface area contributed by atoms with Gasteiger partial charge in [0.1, 0.15) is 57.5 Å². The fraction of sp³-hybridized carbons (Fsp3) is 0.0619. The summed E-state index contributed by atoms with van der Waals surface area (Å²) in [6.45, 7) is 1.85. The summed E-state index contributed by atoms with van der Waals surface area (Å²) in [6.07, 6.45) is 9.61. The van der Waals surface area contributed by atoms with Crippen molar-refractivity contribution in [1.29, 1.82) is 0 Å². The number of rotatable bonds is 20. The number of phenols is 7. The number of phenolic OH excluding ortho intramolecular Hbond substituents is 7. The van der Waals surface area contributed by atoms with Crippen LogP contribution in [0.25, 0.3) is 106 Å². The largest absolute Gasteiger partial charge is 0.508 e. The van der Waals surface area contributed by atoms with Crippen LogP contribution >= 0.6 is 45.3 Å². The van der Waals surface area contributed by atoms with E-state index in [0.717, 1.165) is 95.6 Å². The number of carbonyl (C=O) groups is 4. The van der Waals surface area contributed by atoms with Gasteiger partial charge in [-0.1, -0.05) is 48.5 Å². The Labute approximate surface area is 728 Å². The zero-order chi connectivity index (χ0) is 88.6. The highest BCUT2D eigenvalue weighted by molar-refractivity contribution is 7.24. The molecule has 20 nitrogen and oxygen atoms in total. The molecule has 0 saturated carbocycles. The molecule has 0 radical (unpaired) electrons. The Bertz CT molecular complexity index is 6560. The fourth-order valence-electron chi connectivity index (χ4n) is 12.3. The number of thiophene rings is 4. The summed E-state index contributed by atoms with van der Waals surface area (Å²) in [5.41, 5.74) is 6.13. The first-order valence-corrected chi connectivity index (χ1v) is 41.3. The van der Waals surface area contributed by atoms with Crippen LogP contribution < -0.4 is 40.2 Å². The predicted octanol–water partition coefficient (Wildman–Crippen LogP) is 23.3. The van der Waals surface area contributed by atoms with Crippen LogP contribution in [0.15, 0.2) is 273 Å². The normalized spacial score (nSPS) is 11.3. The molecule has 0 bridgehead atoms. The van der Waals surface area contributed by atoms with E-state index < -0.39 is 23.3 Å². The first-order chi connectivity index (χ1) is 60.1. The highest BCUT2D eigenvalue weighted by Gasteiger charge is 2.31. The van der Waals surface area contributed by atoms with Gasteiger partial charge in [0.15, 0.2) is 34.6 Å². The molecule has 0 spiro atoms.